The van der Waals surface area contributed by atoms with Crippen LogP contribution in [0.5, 0.6) is 0 Å². The lowest BCUT2D eigenvalue weighted by Crippen LogP contribution is -2.37. The van der Waals surface area contributed by atoms with Crippen molar-refractivity contribution in [1.82, 2.24) is 4.90 Å². The van der Waals surface area contributed by atoms with E-state index in [9.17, 15) is 13.6 Å². The molecule has 1 saturated heterocycles. The molecule has 2 aliphatic heterocycles. The van der Waals surface area contributed by atoms with Crippen LogP contribution in [0.15, 0.2) is 42.5 Å². The van der Waals surface area contributed by atoms with Crippen molar-refractivity contribution in [3.05, 3.63) is 70.8 Å². The van der Waals surface area contributed by atoms with Crippen molar-refractivity contribution < 1.29 is 13.6 Å². The fraction of sp³-hybridized carbons (Fsp3) is 0.188. The first-order valence-corrected chi connectivity index (χ1v) is 7.63. The summed E-state index contributed by atoms with van der Waals surface area (Å²) in [5, 5.41) is 0. The highest BCUT2D eigenvalue weighted by atomic mass is 32.2. The average molecular weight is 303 g/mol. The molecule has 2 aromatic carbocycles. The van der Waals surface area contributed by atoms with E-state index in [0.717, 1.165) is 5.75 Å². The molecule has 1 unspecified atom stereocenters. The molecular formula is C16H11F2NOS. The number of fused-ring (bicyclic) bond motifs is 3. The third kappa shape index (κ3) is 1.61. The molecule has 0 N–H and O–H groups in total. The fourth-order valence-corrected chi connectivity index (χ4v) is 4.73. The molecule has 0 aliphatic carbocycles. The number of carbonyl (C=O) groups is 1. The van der Waals surface area contributed by atoms with Crippen LogP contribution < -0.4 is 0 Å². The van der Waals surface area contributed by atoms with Gasteiger partial charge in [0.2, 0.25) is 0 Å². The van der Waals surface area contributed by atoms with Crippen molar-refractivity contribution in [1.29, 1.82) is 0 Å². The Morgan fingerprint density at radius 1 is 1.10 bits per heavy atom. The highest BCUT2D eigenvalue weighted by Gasteiger charge is 2.54. The number of rotatable bonds is 1. The van der Waals surface area contributed by atoms with Crippen LogP contribution in [-0.4, -0.2) is 23.1 Å². The molecule has 2 nitrogen and oxygen atoms in total. The topological polar surface area (TPSA) is 20.3 Å². The normalized spacial score (nSPS) is 23.3. The van der Waals surface area contributed by atoms with E-state index in [1.54, 1.807) is 28.8 Å². The van der Waals surface area contributed by atoms with Crippen LogP contribution in [0.1, 0.15) is 21.5 Å². The van der Waals surface area contributed by atoms with Crippen LogP contribution in [0.3, 0.4) is 0 Å². The van der Waals surface area contributed by atoms with Gasteiger partial charge in [-0.15, -0.1) is 11.8 Å². The van der Waals surface area contributed by atoms with Gasteiger partial charge in [-0.25, -0.2) is 8.78 Å². The summed E-state index contributed by atoms with van der Waals surface area (Å²) in [6.07, 6.45) is 0. The first kappa shape index (κ1) is 12.8. The molecule has 2 aliphatic rings. The number of amides is 1. The smallest absolute Gasteiger partial charge is 0.255 e. The van der Waals surface area contributed by atoms with Crippen molar-refractivity contribution in [3.8, 4) is 0 Å². The number of hydrogen-bond acceptors (Lipinski definition) is 2. The Bertz CT molecular complexity index is 764. The highest BCUT2D eigenvalue weighted by Crippen LogP contribution is 2.55. The van der Waals surface area contributed by atoms with Crippen LogP contribution >= 0.6 is 11.8 Å². The minimum Gasteiger partial charge on any atom is -0.315 e. The lowest BCUT2D eigenvalue weighted by atomic mass is 9.97. The van der Waals surface area contributed by atoms with Crippen molar-refractivity contribution in [2.24, 2.45) is 0 Å². The van der Waals surface area contributed by atoms with Crippen molar-refractivity contribution in [2.45, 2.75) is 4.87 Å². The third-order valence-corrected chi connectivity index (χ3v) is 5.52. The molecule has 21 heavy (non-hydrogen) atoms. The number of hydrogen-bond donors (Lipinski definition) is 0. The number of carbonyl (C=O) groups excluding carboxylic acids is 1. The third-order valence-electron chi connectivity index (χ3n) is 4.04. The maximum atomic E-state index is 13.7. The molecule has 4 rings (SSSR count). The summed E-state index contributed by atoms with van der Waals surface area (Å²) in [4.78, 5) is 13.5. The number of halogens is 2. The largest absolute Gasteiger partial charge is 0.315 e. The summed E-state index contributed by atoms with van der Waals surface area (Å²) in [7, 11) is 0. The molecule has 2 aromatic rings. The zero-order valence-corrected chi connectivity index (χ0v) is 11.8. The van der Waals surface area contributed by atoms with Gasteiger partial charge in [-0.2, -0.15) is 0 Å². The SMILES string of the molecule is O=C1c2ccc(F)cc2C2(c3cccc(F)c3)SCCN12. The van der Waals surface area contributed by atoms with Crippen molar-refractivity contribution >= 4 is 17.7 Å². The molecule has 0 aromatic heterocycles. The minimum absolute atomic E-state index is 0.112. The van der Waals surface area contributed by atoms with Gasteiger partial charge in [-0.05, 0) is 35.9 Å². The van der Waals surface area contributed by atoms with E-state index in [2.05, 4.69) is 0 Å². The summed E-state index contributed by atoms with van der Waals surface area (Å²) in [6, 6.07) is 10.4. The van der Waals surface area contributed by atoms with Gasteiger partial charge in [-0.1, -0.05) is 12.1 Å². The minimum atomic E-state index is -0.795. The monoisotopic (exact) mass is 303 g/mol. The van der Waals surface area contributed by atoms with E-state index < -0.39 is 4.87 Å². The molecule has 1 amide bonds. The van der Waals surface area contributed by atoms with Gasteiger partial charge in [0.1, 0.15) is 16.5 Å². The number of benzene rings is 2. The van der Waals surface area contributed by atoms with E-state index in [4.69, 9.17) is 0 Å². The summed E-state index contributed by atoms with van der Waals surface area (Å²) in [6.45, 7) is 0.580. The summed E-state index contributed by atoms with van der Waals surface area (Å²) in [5.41, 5.74) is 1.82. The number of thioether (sulfide) groups is 1. The van der Waals surface area contributed by atoms with Gasteiger partial charge in [0.25, 0.3) is 5.91 Å². The molecule has 0 spiro atoms. The van der Waals surface area contributed by atoms with Crippen LogP contribution in [0.2, 0.25) is 0 Å². The Hall–Kier alpha value is -1.88. The Kier molecular flexibility index (Phi) is 2.63. The van der Waals surface area contributed by atoms with Gasteiger partial charge in [-0.3, -0.25) is 4.79 Å². The lowest BCUT2D eigenvalue weighted by molar-refractivity contribution is 0.0752. The van der Waals surface area contributed by atoms with Crippen molar-refractivity contribution in [3.63, 3.8) is 0 Å². The summed E-state index contributed by atoms with van der Waals surface area (Å²) >= 11 is 1.55. The van der Waals surface area contributed by atoms with Crippen LogP contribution in [-0.2, 0) is 4.87 Å². The molecule has 0 saturated carbocycles. The number of nitrogens with zero attached hydrogens (tertiary/aromatic N) is 1. The van der Waals surface area contributed by atoms with Gasteiger partial charge < -0.3 is 4.90 Å². The van der Waals surface area contributed by atoms with Crippen LogP contribution in [0.4, 0.5) is 8.78 Å². The second kappa shape index (κ2) is 4.31. The molecule has 1 atom stereocenters. The molecule has 1 fully saturated rings. The van der Waals surface area contributed by atoms with E-state index >= 15 is 0 Å². The standard InChI is InChI=1S/C16H11F2NOS/c17-11-3-1-2-10(8-11)16-14-9-12(18)4-5-13(14)15(20)19(16)6-7-21-16/h1-5,8-9H,6-7H2. The Morgan fingerprint density at radius 3 is 2.71 bits per heavy atom. The zero-order chi connectivity index (χ0) is 14.6. The molecule has 0 radical (unpaired) electrons. The maximum Gasteiger partial charge on any atom is 0.255 e. The Morgan fingerprint density at radius 2 is 1.90 bits per heavy atom. The summed E-state index contributed by atoms with van der Waals surface area (Å²) < 4.78 is 27.3. The molecule has 0 bridgehead atoms. The van der Waals surface area contributed by atoms with Gasteiger partial charge in [0.15, 0.2) is 0 Å². The molecule has 5 heteroatoms. The van der Waals surface area contributed by atoms with Crippen LogP contribution in [0.25, 0.3) is 0 Å². The van der Waals surface area contributed by atoms with Gasteiger partial charge >= 0.3 is 0 Å². The van der Waals surface area contributed by atoms with Crippen molar-refractivity contribution in [2.75, 3.05) is 12.3 Å². The highest BCUT2D eigenvalue weighted by molar-refractivity contribution is 8.00. The first-order valence-electron chi connectivity index (χ1n) is 6.65. The molecular weight excluding hydrogens is 292 g/mol. The Balaban J connectivity index is 2.02. The quantitative estimate of drug-likeness (QED) is 0.805. The Labute approximate surface area is 124 Å². The predicted molar refractivity (Wildman–Crippen MR) is 77.1 cm³/mol. The predicted octanol–water partition coefficient (Wildman–Crippen LogP) is 3.37. The average Bonchev–Trinajstić information content (AvgIpc) is 3.00. The van der Waals surface area contributed by atoms with E-state index in [1.807, 2.05) is 0 Å². The van der Waals surface area contributed by atoms with Crippen LogP contribution in [0, 0.1) is 11.6 Å². The lowest BCUT2D eigenvalue weighted by Gasteiger charge is -2.32. The van der Waals surface area contributed by atoms with Gasteiger partial charge in [0, 0.05) is 23.4 Å². The van der Waals surface area contributed by atoms with E-state index in [1.165, 1.54) is 30.3 Å². The van der Waals surface area contributed by atoms with E-state index in [0.29, 0.717) is 23.2 Å². The second-order valence-corrected chi connectivity index (χ2v) is 6.44. The van der Waals surface area contributed by atoms with Gasteiger partial charge in [0.05, 0.1) is 0 Å². The second-order valence-electron chi connectivity index (χ2n) is 5.15. The zero-order valence-electron chi connectivity index (χ0n) is 11.0. The van der Waals surface area contributed by atoms with E-state index in [-0.39, 0.29) is 17.5 Å². The summed E-state index contributed by atoms with van der Waals surface area (Å²) in [5.74, 6) is -0.101. The fourth-order valence-electron chi connectivity index (χ4n) is 3.21. The first-order chi connectivity index (χ1) is 10.1. The molecule has 2 heterocycles. The maximum absolute atomic E-state index is 13.7. The molecule has 106 valence electrons.